The van der Waals surface area contributed by atoms with E-state index in [1.54, 1.807) is 16.5 Å². The summed E-state index contributed by atoms with van der Waals surface area (Å²) in [5.41, 5.74) is 1.51. The number of amides is 1. The minimum absolute atomic E-state index is 0.0446. The van der Waals surface area contributed by atoms with Gasteiger partial charge in [0, 0.05) is 13.5 Å². The maximum Gasteiger partial charge on any atom is 0.246 e. The van der Waals surface area contributed by atoms with Gasteiger partial charge in [0.05, 0.1) is 29.6 Å². The van der Waals surface area contributed by atoms with Crippen LogP contribution in [-0.2, 0) is 16.1 Å². The molecule has 1 atom stereocenters. The van der Waals surface area contributed by atoms with E-state index in [9.17, 15) is 4.79 Å². The van der Waals surface area contributed by atoms with Crippen LogP contribution in [0.15, 0.2) is 4.42 Å². The molecule has 124 valence electrons. The lowest BCUT2D eigenvalue weighted by Crippen LogP contribution is -2.44. The van der Waals surface area contributed by atoms with Crippen LogP contribution in [0.4, 0.5) is 0 Å². The molecular formula is C14H18ClN5O3. The van der Waals surface area contributed by atoms with Crippen LogP contribution in [0.2, 0.25) is 5.02 Å². The molecule has 0 N–H and O–H groups in total. The van der Waals surface area contributed by atoms with E-state index in [1.165, 1.54) is 0 Å². The number of ether oxygens (including phenoxy) is 1. The molecule has 2 aromatic heterocycles. The summed E-state index contributed by atoms with van der Waals surface area (Å²) in [5.74, 6) is 0.829. The van der Waals surface area contributed by atoms with E-state index in [2.05, 4.69) is 15.3 Å². The van der Waals surface area contributed by atoms with Crippen molar-refractivity contribution in [1.29, 1.82) is 0 Å². The summed E-state index contributed by atoms with van der Waals surface area (Å²) in [7, 11) is 0. The summed E-state index contributed by atoms with van der Waals surface area (Å²) in [6.45, 7) is 6.86. The molecule has 1 amide bonds. The second-order valence-corrected chi connectivity index (χ2v) is 5.88. The van der Waals surface area contributed by atoms with Crippen LogP contribution in [-0.4, -0.2) is 50.5 Å². The molecule has 0 saturated carbocycles. The molecule has 1 saturated heterocycles. The van der Waals surface area contributed by atoms with Crippen molar-refractivity contribution in [2.45, 2.75) is 33.4 Å². The number of aromatic nitrogens is 4. The van der Waals surface area contributed by atoms with Gasteiger partial charge in [0.1, 0.15) is 6.54 Å². The van der Waals surface area contributed by atoms with Crippen LogP contribution >= 0.6 is 11.6 Å². The normalized spacial score (nSPS) is 18.4. The highest BCUT2D eigenvalue weighted by molar-refractivity contribution is 6.31. The molecule has 3 rings (SSSR count). The second kappa shape index (κ2) is 6.29. The third-order valence-corrected chi connectivity index (χ3v) is 4.36. The summed E-state index contributed by atoms with van der Waals surface area (Å²) in [4.78, 5) is 14.2. The number of carbonyl (C=O) groups excluding carboxylic acids is 1. The van der Waals surface area contributed by atoms with E-state index in [-0.39, 0.29) is 12.5 Å². The third-order valence-electron chi connectivity index (χ3n) is 3.81. The van der Waals surface area contributed by atoms with Gasteiger partial charge in [-0.3, -0.25) is 9.48 Å². The van der Waals surface area contributed by atoms with E-state index >= 15 is 0 Å². The Morgan fingerprint density at radius 3 is 2.74 bits per heavy atom. The zero-order valence-corrected chi connectivity index (χ0v) is 14.0. The fourth-order valence-corrected chi connectivity index (χ4v) is 2.66. The first kappa shape index (κ1) is 15.9. The average molecular weight is 340 g/mol. The maximum atomic E-state index is 12.5. The van der Waals surface area contributed by atoms with Gasteiger partial charge in [-0.1, -0.05) is 11.6 Å². The largest absolute Gasteiger partial charge is 0.423 e. The van der Waals surface area contributed by atoms with Crippen LogP contribution in [0, 0.1) is 20.8 Å². The molecule has 1 fully saturated rings. The molecule has 8 nitrogen and oxygen atoms in total. The van der Waals surface area contributed by atoms with Gasteiger partial charge in [0.25, 0.3) is 0 Å². The first-order chi connectivity index (χ1) is 11.0. The van der Waals surface area contributed by atoms with Gasteiger partial charge in [0.2, 0.25) is 17.7 Å². The fourth-order valence-electron chi connectivity index (χ4n) is 2.52. The quantitative estimate of drug-likeness (QED) is 0.841. The molecule has 0 aliphatic carbocycles. The molecule has 9 heteroatoms. The minimum atomic E-state index is -0.391. The molecule has 0 bridgehead atoms. The van der Waals surface area contributed by atoms with Gasteiger partial charge >= 0.3 is 0 Å². The first-order valence-corrected chi connectivity index (χ1v) is 7.72. The number of hydrogen-bond donors (Lipinski definition) is 0. The molecular weight excluding hydrogens is 322 g/mol. The Morgan fingerprint density at radius 1 is 1.35 bits per heavy atom. The number of halogens is 1. The average Bonchev–Trinajstić information content (AvgIpc) is 3.07. The minimum Gasteiger partial charge on any atom is -0.423 e. The number of aryl methyl sites for hydroxylation is 2. The smallest absolute Gasteiger partial charge is 0.246 e. The summed E-state index contributed by atoms with van der Waals surface area (Å²) in [6, 6.07) is 0. The fraction of sp³-hybridized carbons (Fsp3) is 0.571. The maximum absolute atomic E-state index is 12.5. The van der Waals surface area contributed by atoms with Crippen molar-refractivity contribution in [2.75, 3.05) is 19.7 Å². The van der Waals surface area contributed by atoms with Crippen LogP contribution < -0.4 is 0 Å². The molecule has 1 aliphatic heterocycles. The van der Waals surface area contributed by atoms with Gasteiger partial charge in [-0.2, -0.15) is 5.10 Å². The van der Waals surface area contributed by atoms with E-state index in [1.807, 2.05) is 13.8 Å². The molecule has 23 heavy (non-hydrogen) atoms. The standard InChI is InChI=1S/C14H18ClN5O3/c1-8-13(15)9(2)20(18-8)7-12(21)19-4-5-22-11(6-19)14-17-16-10(3)23-14/h11H,4-7H2,1-3H3/t11-/m1/s1. The Bertz CT molecular complexity index is 726. The highest BCUT2D eigenvalue weighted by Gasteiger charge is 2.29. The van der Waals surface area contributed by atoms with Crippen molar-refractivity contribution in [3.63, 3.8) is 0 Å². The molecule has 0 aromatic carbocycles. The topological polar surface area (TPSA) is 86.3 Å². The van der Waals surface area contributed by atoms with Crippen molar-refractivity contribution < 1.29 is 13.9 Å². The van der Waals surface area contributed by atoms with Crippen molar-refractivity contribution in [2.24, 2.45) is 0 Å². The lowest BCUT2D eigenvalue weighted by Gasteiger charge is -2.31. The van der Waals surface area contributed by atoms with Crippen LogP contribution in [0.3, 0.4) is 0 Å². The van der Waals surface area contributed by atoms with E-state index in [0.29, 0.717) is 36.5 Å². The monoisotopic (exact) mass is 339 g/mol. The van der Waals surface area contributed by atoms with Gasteiger partial charge < -0.3 is 14.1 Å². The van der Waals surface area contributed by atoms with Crippen LogP contribution in [0.5, 0.6) is 0 Å². The molecule has 0 radical (unpaired) electrons. The van der Waals surface area contributed by atoms with Crippen molar-refractivity contribution >= 4 is 17.5 Å². The predicted octanol–water partition coefficient (Wildman–Crippen LogP) is 1.44. The number of morpholine rings is 1. The van der Waals surface area contributed by atoms with Crippen molar-refractivity contribution in [3.05, 3.63) is 28.2 Å². The zero-order valence-electron chi connectivity index (χ0n) is 13.2. The Labute approximate surface area is 138 Å². The summed E-state index contributed by atoms with van der Waals surface area (Å²) >= 11 is 6.12. The van der Waals surface area contributed by atoms with Crippen LogP contribution in [0.25, 0.3) is 0 Å². The van der Waals surface area contributed by atoms with Gasteiger partial charge in [-0.05, 0) is 13.8 Å². The highest BCUT2D eigenvalue weighted by atomic mass is 35.5. The van der Waals surface area contributed by atoms with Gasteiger partial charge in [-0.25, -0.2) is 0 Å². The zero-order chi connectivity index (χ0) is 16.6. The molecule has 3 heterocycles. The number of rotatable bonds is 3. The van der Waals surface area contributed by atoms with E-state index in [4.69, 9.17) is 20.8 Å². The third kappa shape index (κ3) is 3.23. The lowest BCUT2D eigenvalue weighted by atomic mass is 10.2. The molecule has 1 aliphatic rings. The lowest BCUT2D eigenvalue weighted by molar-refractivity contribution is -0.140. The Morgan fingerprint density at radius 2 is 2.13 bits per heavy atom. The SMILES string of the molecule is Cc1nnc([C@H]2CN(C(=O)Cn3nc(C)c(Cl)c3C)CCO2)o1. The number of carbonyl (C=O) groups is 1. The summed E-state index contributed by atoms with van der Waals surface area (Å²) < 4.78 is 12.6. The van der Waals surface area contributed by atoms with Crippen LogP contribution in [0.1, 0.15) is 29.3 Å². The Hall–Kier alpha value is -1.93. The summed E-state index contributed by atoms with van der Waals surface area (Å²) in [5, 5.41) is 12.6. The molecule has 0 spiro atoms. The van der Waals surface area contributed by atoms with Crippen molar-refractivity contribution in [3.8, 4) is 0 Å². The van der Waals surface area contributed by atoms with Crippen molar-refractivity contribution in [1.82, 2.24) is 24.9 Å². The number of nitrogens with zero attached hydrogens (tertiary/aromatic N) is 5. The second-order valence-electron chi connectivity index (χ2n) is 5.50. The highest BCUT2D eigenvalue weighted by Crippen LogP contribution is 2.22. The Kier molecular flexibility index (Phi) is 4.36. The molecule has 2 aromatic rings. The Balaban J connectivity index is 1.68. The van der Waals surface area contributed by atoms with E-state index < -0.39 is 6.10 Å². The van der Waals surface area contributed by atoms with Gasteiger partial charge in [-0.15, -0.1) is 10.2 Å². The van der Waals surface area contributed by atoms with E-state index in [0.717, 1.165) is 11.4 Å². The summed E-state index contributed by atoms with van der Waals surface area (Å²) in [6.07, 6.45) is -0.391. The predicted molar refractivity (Wildman–Crippen MR) is 81.0 cm³/mol. The molecule has 0 unspecified atom stereocenters. The van der Waals surface area contributed by atoms with Gasteiger partial charge in [0.15, 0.2) is 6.10 Å². The number of hydrogen-bond acceptors (Lipinski definition) is 6. The first-order valence-electron chi connectivity index (χ1n) is 7.34.